The number of ether oxygens (including phenoxy) is 1. The van der Waals surface area contributed by atoms with Crippen molar-refractivity contribution in [2.24, 2.45) is 4.99 Å². The Kier molecular flexibility index (Phi) is 5.77. The van der Waals surface area contributed by atoms with Crippen LogP contribution in [-0.4, -0.2) is 46.8 Å². The molecule has 4 rings (SSSR count). The average molecular weight is 422 g/mol. The van der Waals surface area contributed by atoms with Gasteiger partial charge >= 0.3 is 0 Å². The van der Waals surface area contributed by atoms with E-state index >= 15 is 0 Å². The van der Waals surface area contributed by atoms with Gasteiger partial charge in [0.15, 0.2) is 6.61 Å². The summed E-state index contributed by atoms with van der Waals surface area (Å²) in [5, 5.41) is 16.1. The Labute approximate surface area is 180 Å². The molecule has 0 radical (unpaired) electrons. The quantitative estimate of drug-likeness (QED) is 0.488. The summed E-state index contributed by atoms with van der Waals surface area (Å²) in [4.78, 5) is 16.6. The first-order valence-corrected chi connectivity index (χ1v) is 10.2. The van der Waals surface area contributed by atoms with Crippen LogP contribution in [0.25, 0.3) is 10.9 Å². The number of aromatic amines is 1. The van der Waals surface area contributed by atoms with Gasteiger partial charge in [-0.2, -0.15) is 5.10 Å². The number of guanidine groups is 1. The predicted molar refractivity (Wildman–Crippen MR) is 121 cm³/mol. The SMILES string of the molecule is Cc1cc(C2N=C(Nc3ccc4[nH]ncc4c3)N(C)N2)ccc1OCC(=O)NC(C)C. The molecular formula is C22H27N7O2. The highest BCUT2D eigenvalue weighted by Gasteiger charge is 2.23. The Morgan fingerprint density at radius 2 is 2.10 bits per heavy atom. The Morgan fingerprint density at radius 3 is 2.87 bits per heavy atom. The van der Waals surface area contributed by atoms with Crippen molar-refractivity contribution in [2.75, 3.05) is 19.0 Å². The zero-order chi connectivity index (χ0) is 22.0. The number of nitrogens with one attached hydrogen (secondary N) is 4. The second-order valence-electron chi connectivity index (χ2n) is 7.88. The standard InChI is InChI=1S/C22H27N7O2/c1-13(2)24-20(30)12-31-19-8-5-15(9-14(19)3)21-26-22(29(4)28-21)25-17-6-7-18-16(10-17)11-23-27-18/h5-11,13,21,28H,12H2,1-4H3,(H,23,27)(H,24,30)(H,25,26). The first-order valence-electron chi connectivity index (χ1n) is 10.2. The van der Waals surface area contributed by atoms with Gasteiger partial charge in [0, 0.05) is 24.2 Å². The van der Waals surface area contributed by atoms with Crippen LogP contribution in [-0.2, 0) is 4.79 Å². The van der Waals surface area contributed by atoms with E-state index in [-0.39, 0.29) is 24.7 Å². The summed E-state index contributed by atoms with van der Waals surface area (Å²) in [5.41, 5.74) is 7.21. The molecule has 0 spiro atoms. The lowest BCUT2D eigenvalue weighted by molar-refractivity contribution is -0.123. The summed E-state index contributed by atoms with van der Waals surface area (Å²) in [6.45, 7) is 5.79. The maximum Gasteiger partial charge on any atom is 0.258 e. The summed E-state index contributed by atoms with van der Waals surface area (Å²) >= 11 is 0. The van der Waals surface area contributed by atoms with Crippen LogP contribution in [0, 0.1) is 6.92 Å². The summed E-state index contributed by atoms with van der Waals surface area (Å²) in [5.74, 6) is 1.27. The minimum atomic E-state index is -0.220. The number of aryl methyl sites for hydroxylation is 1. The molecule has 1 atom stereocenters. The first kappa shape index (κ1) is 20.7. The third kappa shape index (κ3) is 4.77. The molecule has 4 N–H and O–H groups in total. The number of aliphatic imine (C=N–C) groups is 1. The van der Waals surface area contributed by atoms with Gasteiger partial charge in [-0.3, -0.25) is 14.9 Å². The highest BCUT2D eigenvalue weighted by molar-refractivity contribution is 5.96. The number of aromatic nitrogens is 2. The molecule has 1 unspecified atom stereocenters. The van der Waals surface area contributed by atoms with E-state index in [2.05, 4.69) is 26.3 Å². The van der Waals surface area contributed by atoms with Gasteiger partial charge in [0.05, 0.1) is 11.7 Å². The van der Waals surface area contributed by atoms with Crippen molar-refractivity contribution < 1.29 is 9.53 Å². The molecule has 0 saturated carbocycles. The molecule has 1 aliphatic rings. The van der Waals surface area contributed by atoms with Gasteiger partial charge in [0.25, 0.3) is 5.91 Å². The monoisotopic (exact) mass is 421 g/mol. The third-order valence-electron chi connectivity index (χ3n) is 4.90. The summed E-state index contributed by atoms with van der Waals surface area (Å²) in [6, 6.07) is 11.9. The van der Waals surface area contributed by atoms with Gasteiger partial charge in [-0.1, -0.05) is 6.07 Å². The number of nitrogens with zero attached hydrogens (tertiary/aromatic N) is 3. The fourth-order valence-electron chi connectivity index (χ4n) is 3.41. The average Bonchev–Trinajstić information content (AvgIpc) is 3.33. The number of rotatable bonds is 6. The highest BCUT2D eigenvalue weighted by Crippen LogP contribution is 2.26. The van der Waals surface area contributed by atoms with Gasteiger partial charge in [-0.05, 0) is 62.2 Å². The van der Waals surface area contributed by atoms with E-state index in [9.17, 15) is 4.79 Å². The van der Waals surface area contributed by atoms with Crippen molar-refractivity contribution >= 4 is 28.5 Å². The normalized spacial score (nSPS) is 16.0. The minimum absolute atomic E-state index is 0.00396. The van der Waals surface area contributed by atoms with E-state index in [1.165, 1.54) is 0 Å². The Morgan fingerprint density at radius 1 is 1.26 bits per heavy atom. The number of carbonyl (C=O) groups excluding carboxylic acids is 1. The lowest BCUT2D eigenvalue weighted by Crippen LogP contribution is -2.37. The van der Waals surface area contributed by atoms with Crippen LogP contribution in [0.2, 0.25) is 0 Å². The van der Waals surface area contributed by atoms with E-state index in [1.807, 2.05) is 69.2 Å². The number of H-pyrrole nitrogens is 1. The molecule has 9 heteroatoms. The molecule has 0 fully saturated rings. The van der Waals surface area contributed by atoms with Gasteiger partial charge in [0.1, 0.15) is 11.9 Å². The summed E-state index contributed by atoms with van der Waals surface area (Å²) in [7, 11) is 1.92. The third-order valence-corrected chi connectivity index (χ3v) is 4.90. The maximum atomic E-state index is 11.8. The molecule has 1 amide bonds. The number of carbonyl (C=O) groups is 1. The minimum Gasteiger partial charge on any atom is -0.484 e. The van der Waals surface area contributed by atoms with Gasteiger partial charge in [0.2, 0.25) is 5.96 Å². The fraction of sp³-hybridized carbons (Fsp3) is 0.318. The number of hydrogen-bond acceptors (Lipinski definition) is 7. The molecule has 0 bridgehead atoms. The van der Waals surface area contributed by atoms with Gasteiger partial charge in [-0.15, -0.1) is 0 Å². The molecule has 3 aromatic rings. The zero-order valence-corrected chi connectivity index (χ0v) is 18.1. The van der Waals surface area contributed by atoms with Crippen molar-refractivity contribution in [3.05, 3.63) is 53.7 Å². The predicted octanol–water partition coefficient (Wildman–Crippen LogP) is 2.69. The van der Waals surface area contributed by atoms with Gasteiger partial charge in [-0.25, -0.2) is 10.4 Å². The lowest BCUT2D eigenvalue weighted by atomic mass is 10.1. The van der Waals surface area contributed by atoms with E-state index in [1.54, 1.807) is 6.20 Å². The largest absolute Gasteiger partial charge is 0.484 e. The van der Waals surface area contributed by atoms with Crippen molar-refractivity contribution in [1.82, 2.24) is 25.9 Å². The molecule has 31 heavy (non-hydrogen) atoms. The smallest absolute Gasteiger partial charge is 0.258 e. The van der Waals surface area contributed by atoms with Crippen LogP contribution in [0.1, 0.15) is 31.1 Å². The molecule has 2 aromatic carbocycles. The van der Waals surface area contributed by atoms with Crippen LogP contribution in [0.15, 0.2) is 47.6 Å². The van der Waals surface area contributed by atoms with Crippen molar-refractivity contribution in [3.8, 4) is 5.75 Å². The van der Waals surface area contributed by atoms with E-state index < -0.39 is 0 Å². The zero-order valence-electron chi connectivity index (χ0n) is 18.1. The maximum absolute atomic E-state index is 11.8. The molecule has 0 saturated heterocycles. The van der Waals surface area contributed by atoms with Crippen LogP contribution < -0.4 is 20.8 Å². The van der Waals surface area contributed by atoms with E-state index in [0.717, 1.165) is 33.7 Å². The van der Waals surface area contributed by atoms with Crippen LogP contribution >= 0.6 is 0 Å². The number of hydrogen-bond donors (Lipinski definition) is 4. The summed E-state index contributed by atoms with van der Waals surface area (Å²) in [6.07, 6.45) is 1.57. The second kappa shape index (κ2) is 8.65. The van der Waals surface area contributed by atoms with Crippen LogP contribution in [0.5, 0.6) is 5.75 Å². The van der Waals surface area contributed by atoms with E-state index in [4.69, 9.17) is 9.73 Å². The molecule has 2 heterocycles. The van der Waals surface area contributed by atoms with E-state index in [0.29, 0.717) is 5.75 Å². The lowest BCUT2D eigenvalue weighted by Gasteiger charge is -2.17. The van der Waals surface area contributed by atoms with Crippen LogP contribution in [0.3, 0.4) is 0 Å². The number of fused-ring (bicyclic) bond motifs is 1. The number of anilines is 1. The first-order chi connectivity index (χ1) is 14.9. The number of benzene rings is 2. The topological polar surface area (TPSA) is 107 Å². The fourth-order valence-corrected chi connectivity index (χ4v) is 3.41. The summed E-state index contributed by atoms with van der Waals surface area (Å²) < 4.78 is 5.67. The van der Waals surface area contributed by atoms with Crippen molar-refractivity contribution in [1.29, 1.82) is 0 Å². The Bertz CT molecular complexity index is 1120. The van der Waals surface area contributed by atoms with Crippen molar-refractivity contribution in [3.63, 3.8) is 0 Å². The highest BCUT2D eigenvalue weighted by atomic mass is 16.5. The van der Waals surface area contributed by atoms with Crippen LogP contribution in [0.4, 0.5) is 5.69 Å². The van der Waals surface area contributed by atoms with Crippen molar-refractivity contribution in [2.45, 2.75) is 33.0 Å². The molecule has 0 aliphatic carbocycles. The molecule has 162 valence electrons. The second-order valence-corrected chi connectivity index (χ2v) is 7.88. The van der Waals surface area contributed by atoms with Gasteiger partial charge < -0.3 is 15.4 Å². The molecular weight excluding hydrogens is 394 g/mol. The molecule has 1 aliphatic heterocycles. The molecule has 9 nitrogen and oxygen atoms in total. The molecule has 1 aromatic heterocycles. The number of amides is 1. The number of hydrazine groups is 1. The Balaban J connectivity index is 1.43. The Hall–Kier alpha value is -3.59.